The Kier molecular flexibility index (Phi) is 2.70. The molecule has 18 heavy (non-hydrogen) atoms. The number of benzene rings is 1. The molecule has 94 valence electrons. The van der Waals surface area contributed by atoms with E-state index in [0.29, 0.717) is 6.54 Å². The standard InChI is InChI=1S/C14H16N2O2/c1-18-10-4-2-9-3-5-11-13(12(9)8-10)15-6-7-16-14(11)17/h2,4,8,15H,3,5-7H2,1H3,(H,16,17). The zero-order chi connectivity index (χ0) is 12.5. The molecule has 1 aliphatic carbocycles. The Bertz CT molecular complexity index is 535. The highest BCUT2D eigenvalue weighted by molar-refractivity contribution is 6.02. The molecule has 1 heterocycles. The third-order valence-corrected chi connectivity index (χ3v) is 3.52. The predicted octanol–water partition coefficient (Wildman–Crippen LogP) is 1.07. The van der Waals surface area contributed by atoms with Gasteiger partial charge in [-0.2, -0.15) is 0 Å². The molecule has 4 nitrogen and oxygen atoms in total. The van der Waals surface area contributed by atoms with Crippen molar-refractivity contribution in [2.75, 3.05) is 20.2 Å². The third-order valence-electron chi connectivity index (χ3n) is 3.52. The molecular weight excluding hydrogens is 228 g/mol. The van der Waals surface area contributed by atoms with Crippen molar-refractivity contribution in [1.82, 2.24) is 10.6 Å². The number of ether oxygens (including phenoxy) is 1. The van der Waals surface area contributed by atoms with Crippen molar-refractivity contribution < 1.29 is 9.53 Å². The van der Waals surface area contributed by atoms with Crippen molar-refractivity contribution in [3.05, 3.63) is 34.9 Å². The number of carbonyl (C=O) groups is 1. The van der Waals surface area contributed by atoms with Crippen LogP contribution in [0.4, 0.5) is 0 Å². The highest BCUT2D eigenvalue weighted by atomic mass is 16.5. The van der Waals surface area contributed by atoms with Crippen LogP contribution in [0.3, 0.4) is 0 Å². The number of amides is 1. The topological polar surface area (TPSA) is 50.4 Å². The highest BCUT2D eigenvalue weighted by Crippen LogP contribution is 2.32. The van der Waals surface area contributed by atoms with E-state index in [-0.39, 0.29) is 5.91 Å². The predicted molar refractivity (Wildman–Crippen MR) is 69.2 cm³/mol. The number of hydrogen-bond acceptors (Lipinski definition) is 3. The maximum absolute atomic E-state index is 12.0. The fourth-order valence-electron chi connectivity index (χ4n) is 2.58. The first-order valence-electron chi connectivity index (χ1n) is 6.22. The second-order valence-electron chi connectivity index (χ2n) is 4.56. The van der Waals surface area contributed by atoms with Gasteiger partial charge >= 0.3 is 0 Å². The summed E-state index contributed by atoms with van der Waals surface area (Å²) in [6.45, 7) is 1.44. The summed E-state index contributed by atoms with van der Waals surface area (Å²) in [5.74, 6) is 0.887. The Morgan fingerprint density at radius 2 is 2.00 bits per heavy atom. The molecular formula is C14H16N2O2. The Balaban J connectivity index is 2.13. The van der Waals surface area contributed by atoms with Crippen LogP contribution in [0, 0.1) is 0 Å². The maximum atomic E-state index is 12.0. The van der Waals surface area contributed by atoms with Crippen LogP contribution in [0.5, 0.6) is 5.75 Å². The van der Waals surface area contributed by atoms with E-state index < -0.39 is 0 Å². The van der Waals surface area contributed by atoms with Crippen molar-refractivity contribution in [2.45, 2.75) is 12.8 Å². The summed E-state index contributed by atoms with van der Waals surface area (Å²) < 4.78 is 5.27. The van der Waals surface area contributed by atoms with Gasteiger partial charge in [-0.1, -0.05) is 6.07 Å². The van der Waals surface area contributed by atoms with Crippen molar-refractivity contribution in [1.29, 1.82) is 0 Å². The van der Waals surface area contributed by atoms with Crippen molar-refractivity contribution >= 4 is 11.6 Å². The van der Waals surface area contributed by atoms with Crippen LogP contribution in [0.2, 0.25) is 0 Å². The van der Waals surface area contributed by atoms with E-state index in [1.54, 1.807) is 7.11 Å². The smallest absolute Gasteiger partial charge is 0.249 e. The molecule has 1 aliphatic heterocycles. The third kappa shape index (κ3) is 1.74. The number of carbonyl (C=O) groups excluding carboxylic acids is 1. The lowest BCUT2D eigenvalue weighted by Gasteiger charge is -2.22. The zero-order valence-corrected chi connectivity index (χ0v) is 10.4. The van der Waals surface area contributed by atoms with Crippen LogP contribution in [-0.2, 0) is 11.2 Å². The van der Waals surface area contributed by atoms with Gasteiger partial charge < -0.3 is 15.4 Å². The molecule has 0 unspecified atom stereocenters. The fraction of sp³-hybridized carbons (Fsp3) is 0.357. The van der Waals surface area contributed by atoms with Gasteiger partial charge in [0.1, 0.15) is 5.75 Å². The van der Waals surface area contributed by atoms with E-state index in [4.69, 9.17) is 4.74 Å². The molecule has 2 N–H and O–H groups in total. The van der Waals surface area contributed by atoms with Crippen LogP contribution in [0.25, 0.3) is 5.70 Å². The Labute approximate surface area is 106 Å². The molecule has 0 fully saturated rings. The minimum Gasteiger partial charge on any atom is -0.497 e. The van der Waals surface area contributed by atoms with Crippen LogP contribution >= 0.6 is 0 Å². The van der Waals surface area contributed by atoms with Gasteiger partial charge in [-0.25, -0.2) is 0 Å². The summed E-state index contributed by atoms with van der Waals surface area (Å²) in [5.41, 5.74) is 4.22. The minimum absolute atomic E-state index is 0.0588. The van der Waals surface area contributed by atoms with Gasteiger partial charge in [-0.3, -0.25) is 4.79 Å². The molecule has 4 heteroatoms. The van der Waals surface area contributed by atoms with E-state index in [9.17, 15) is 4.79 Å². The first-order chi connectivity index (χ1) is 8.79. The van der Waals surface area contributed by atoms with E-state index >= 15 is 0 Å². The van der Waals surface area contributed by atoms with Crippen LogP contribution < -0.4 is 15.4 Å². The molecule has 0 saturated carbocycles. The molecule has 0 saturated heterocycles. The molecule has 0 bridgehead atoms. The van der Waals surface area contributed by atoms with Crippen molar-refractivity contribution in [3.8, 4) is 5.75 Å². The lowest BCUT2D eigenvalue weighted by Crippen LogP contribution is -2.27. The van der Waals surface area contributed by atoms with Gasteiger partial charge in [0, 0.05) is 24.2 Å². The molecule has 2 aliphatic rings. The monoisotopic (exact) mass is 244 g/mol. The Morgan fingerprint density at radius 1 is 1.17 bits per heavy atom. The molecule has 0 atom stereocenters. The molecule has 0 spiro atoms. The van der Waals surface area contributed by atoms with Gasteiger partial charge in [0.05, 0.1) is 12.8 Å². The summed E-state index contributed by atoms with van der Waals surface area (Å²) >= 11 is 0. The number of rotatable bonds is 1. The van der Waals surface area contributed by atoms with E-state index in [1.807, 2.05) is 12.1 Å². The largest absolute Gasteiger partial charge is 0.497 e. The Hall–Kier alpha value is -1.97. The lowest BCUT2D eigenvalue weighted by molar-refractivity contribution is -0.117. The molecule has 0 aromatic heterocycles. The van der Waals surface area contributed by atoms with Gasteiger partial charge in [-0.15, -0.1) is 0 Å². The normalized spacial score (nSPS) is 18.2. The average molecular weight is 244 g/mol. The number of aryl methyl sites for hydroxylation is 1. The van der Waals surface area contributed by atoms with Gasteiger partial charge in [0.15, 0.2) is 0 Å². The summed E-state index contributed by atoms with van der Waals surface area (Å²) in [4.78, 5) is 12.0. The summed E-state index contributed by atoms with van der Waals surface area (Å²) in [6, 6.07) is 6.07. The summed E-state index contributed by atoms with van der Waals surface area (Å²) in [7, 11) is 1.66. The molecule has 1 amide bonds. The summed E-state index contributed by atoms with van der Waals surface area (Å²) in [6.07, 6.45) is 1.71. The highest BCUT2D eigenvalue weighted by Gasteiger charge is 2.25. The lowest BCUT2D eigenvalue weighted by atomic mass is 9.89. The van der Waals surface area contributed by atoms with Gasteiger partial charge in [-0.05, 0) is 30.5 Å². The van der Waals surface area contributed by atoms with Gasteiger partial charge in [0.25, 0.3) is 0 Å². The SMILES string of the molecule is COc1ccc2c(c1)C1=C(CC2)C(=O)NCCN1. The van der Waals surface area contributed by atoms with E-state index in [2.05, 4.69) is 16.7 Å². The molecule has 1 aromatic carbocycles. The number of fused-ring (bicyclic) bond motifs is 2. The van der Waals surface area contributed by atoms with Crippen LogP contribution in [-0.4, -0.2) is 26.1 Å². The van der Waals surface area contributed by atoms with E-state index in [0.717, 1.165) is 42.0 Å². The second-order valence-corrected chi connectivity index (χ2v) is 4.56. The average Bonchev–Trinajstić information content (AvgIpc) is 2.60. The van der Waals surface area contributed by atoms with Gasteiger partial charge in [0.2, 0.25) is 5.91 Å². The van der Waals surface area contributed by atoms with Crippen LogP contribution in [0.1, 0.15) is 17.5 Å². The second kappa shape index (κ2) is 4.37. The quantitative estimate of drug-likeness (QED) is 0.777. The van der Waals surface area contributed by atoms with E-state index in [1.165, 1.54) is 5.56 Å². The molecule has 1 aromatic rings. The van der Waals surface area contributed by atoms with Crippen molar-refractivity contribution in [2.24, 2.45) is 0 Å². The Morgan fingerprint density at radius 3 is 2.83 bits per heavy atom. The van der Waals surface area contributed by atoms with Crippen molar-refractivity contribution in [3.63, 3.8) is 0 Å². The number of hydrogen-bond donors (Lipinski definition) is 2. The van der Waals surface area contributed by atoms with Crippen LogP contribution in [0.15, 0.2) is 23.8 Å². The molecule has 0 radical (unpaired) electrons. The summed E-state index contributed by atoms with van der Waals surface area (Å²) in [5, 5.41) is 6.27. The first kappa shape index (κ1) is 11.1. The fourth-order valence-corrected chi connectivity index (χ4v) is 2.58. The maximum Gasteiger partial charge on any atom is 0.249 e. The first-order valence-corrected chi connectivity index (χ1v) is 6.22. The minimum atomic E-state index is 0.0588. The number of methoxy groups -OCH3 is 1. The molecule has 3 rings (SSSR count). The zero-order valence-electron chi connectivity index (χ0n) is 10.4. The number of nitrogens with one attached hydrogen (secondary N) is 2.